The van der Waals surface area contributed by atoms with Gasteiger partial charge >= 0.3 is 0 Å². The molecule has 1 atom stereocenters. The Kier molecular flexibility index (Phi) is 7.12. The third kappa shape index (κ3) is 4.68. The first-order chi connectivity index (χ1) is 9.59. The summed E-state index contributed by atoms with van der Waals surface area (Å²) in [5.41, 5.74) is 2.13. The first-order valence-electron chi connectivity index (χ1n) is 7.52. The number of aryl methyl sites for hydroxylation is 1. The van der Waals surface area contributed by atoms with Crippen LogP contribution in [0.2, 0.25) is 0 Å². The topological polar surface area (TPSA) is 54.0 Å². The summed E-state index contributed by atoms with van der Waals surface area (Å²) in [4.78, 5) is 16.9. The second-order valence-corrected chi connectivity index (χ2v) is 5.96. The number of nitrogens with one attached hydrogen (secondary N) is 2. The third-order valence-corrected chi connectivity index (χ3v) is 4.02. The molecule has 0 radical (unpaired) electrons. The highest BCUT2D eigenvalue weighted by Gasteiger charge is 2.26. The van der Waals surface area contributed by atoms with Gasteiger partial charge in [0.15, 0.2) is 0 Å². The zero-order valence-electron chi connectivity index (χ0n) is 13.1. The molecule has 0 spiro atoms. The Hall–Kier alpha value is -1.13. The van der Waals surface area contributed by atoms with Crippen molar-refractivity contribution in [3.8, 4) is 0 Å². The van der Waals surface area contributed by atoms with Crippen molar-refractivity contribution in [3.05, 3.63) is 29.6 Å². The van der Waals surface area contributed by atoms with Crippen LogP contribution in [-0.2, 0) is 4.79 Å². The van der Waals surface area contributed by atoms with Crippen LogP contribution >= 0.6 is 12.4 Å². The number of piperidine rings is 1. The van der Waals surface area contributed by atoms with Crippen LogP contribution in [0.25, 0.3) is 0 Å². The van der Waals surface area contributed by atoms with Crippen LogP contribution < -0.4 is 10.6 Å². The summed E-state index contributed by atoms with van der Waals surface area (Å²) in [5, 5.41) is 6.51. The van der Waals surface area contributed by atoms with Crippen LogP contribution in [0, 0.1) is 18.8 Å². The lowest BCUT2D eigenvalue weighted by molar-refractivity contribution is -0.126. The Labute approximate surface area is 133 Å². The minimum atomic E-state index is -0.00131. The summed E-state index contributed by atoms with van der Waals surface area (Å²) < 4.78 is 0. The average Bonchev–Trinajstić information content (AvgIpc) is 2.46. The predicted molar refractivity (Wildman–Crippen MR) is 87.5 cm³/mol. The van der Waals surface area contributed by atoms with Crippen molar-refractivity contribution < 1.29 is 4.79 Å². The van der Waals surface area contributed by atoms with Crippen molar-refractivity contribution in [2.45, 2.75) is 39.7 Å². The Morgan fingerprint density at radius 2 is 2.05 bits per heavy atom. The molecule has 1 aromatic rings. The molecule has 2 N–H and O–H groups in total. The Morgan fingerprint density at radius 1 is 1.38 bits per heavy atom. The van der Waals surface area contributed by atoms with Gasteiger partial charge in [-0.05, 0) is 50.4 Å². The lowest BCUT2D eigenvalue weighted by atomic mass is 9.93. The number of pyridine rings is 1. The van der Waals surface area contributed by atoms with Gasteiger partial charge in [-0.15, -0.1) is 12.4 Å². The summed E-state index contributed by atoms with van der Waals surface area (Å²) in [6, 6.07) is 3.98. The van der Waals surface area contributed by atoms with Crippen LogP contribution in [0.15, 0.2) is 18.3 Å². The van der Waals surface area contributed by atoms with E-state index in [0.717, 1.165) is 37.2 Å². The number of nitrogens with zero attached hydrogens (tertiary/aromatic N) is 1. The normalized spacial score (nSPS) is 17.1. The van der Waals surface area contributed by atoms with E-state index in [2.05, 4.69) is 29.5 Å². The number of hydrogen-bond donors (Lipinski definition) is 2. The maximum atomic E-state index is 12.4. The molecule has 118 valence electrons. The highest BCUT2D eigenvalue weighted by molar-refractivity contribution is 5.85. The lowest BCUT2D eigenvalue weighted by Crippen LogP contribution is -2.41. The van der Waals surface area contributed by atoms with Gasteiger partial charge in [-0.25, -0.2) is 0 Å². The predicted octanol–water partition coefficient (Wildman–Crippen LogP) is 2.62. The SMILES string of the molecule is Cc1cccnc1C(NC(=O)C1CCNCC1)C(C)C.Cl. The van der Waals surface area contributed by atoms with E-state index in [0.29, 0.717) is 5.92 Å². The van der Waals surface area contributed by atoms with Gasteiger partial charge in [0.1, 0.15) is 0 Å². The number of carbonyl (C=O) groups excluding carboxylic acids is 1. The molecule has 21 heavy (non-hydrogen) atoms. The van der Waals surface area contributed by atoms with E-state index in [4.69, 9.17) is 0 Å². The van der Waals surface area contributed by atoms with Crippen molar-refractivity contribution in [3.63, 3.8) is 0 Å². The molecule has 0 saturated carbocycles. The van der Waals surface area contributed by atoms with Crippen molar-refractivity contribution in [2.24, 2.45) is 11.8 Å². The molecule has 1 aliphatic heterocycles. The van der Waals surface area contributed by atoms with Gasteiger partial charge in [0.25, 0.3) is 0 Å². The van der Waals surface area contributed by atoms with Crippen molar-refractivity contribution >= 4 is 18.3 Å². The van der Waals surface area contributed by atoms with Crippen molar-refractivity contribution in [1.82, 2.24) is 15.6 Å². The lowest BCUT2D eigenvalue weighted by Gasteiger charge is -2.28. The molecule has 5 heteroatoms. The number of carbonyl (C=O) groups is 1. The van der Waals surface area contributed by atoms with Crippen LogP contribution in [0.3, 0.4) is 0 Å². The molecule has 4 nitrogen and oxygen atoms in total. The molecule has 2 rings (SSSR count). The fraction of sp³-hybridized carbons (Fsp3) is 0.625. The largest absolute Gasteiger partial charge is 0.347 e. The molecule has 0 aromatic carbocycles. The molecule has 0 aliphatic carbocycles. The van der Waals surface area contributed by atoms with Gasteiger partial charge in [0.05, 0.1) is 11.7 Å². The van der Waals surface area contributed by atoms with Crippen molar-refractivity contribution in [1.29, 1.82) is 0 Å². The number of rotatable bonds is 4. The first-order valence-corrected chi connectivity index (χ1v) is 7.52. The maximum Gasteiger partial charge on any atom is 0.223 e. The van der Waals surface area contributed by atoms with Gasteiger partial charge in [0.2, 0.25) is 5.91 Å². The summed E-state index contributed by atoms with van der Waals surface area (Å²) in [6.07, 6.45) is 3.66. The van der Waals surface area contributed by atoms with Gasteiger partial charge in [-0.2, -0.15) is 0 Å². The number of hydrogen-bond acceptors (Lipinski definition) is 3. The molecule has 1 amide bonds. The zero-order chi connectivity index (χ0) is 14.5. The summed E-state index contributed by atoms with van der Waals surface area (Å²) in [6.45, 7) is 8.18. The Morgan fingerprint density at radius 3 is 2.62 bits per heavy atom. The molecule has 0 bridgehead atoms. The monoisotopic (exact) mass is 311 g/mol. The van der Waals surface area contributed by atoms with E-state index in [1.807, 2.05) is 19.1 Å². The molecule has 1 aromatic heterocycles. The van der Waals surface area contributed by atoms with E-state index in [-0.39, 0.29) is 30.3 Å². The Balaban J connectivity index is 0.00000220. The van der Waals surface area contributed by atoms with E-state index in [9.17, 15) is 4.79 Å². The zero-order valence-corrected chi connectivity index (χ0v) is 13.9. The quantitative estimate of drug-likeness (QED) is 0.899. The fourth-order valence-electron chi connectivity index (χ4n) is 2.73. The van der Waals surface area contributed by atoms with E-state index in [1.165, 1.54) is 0 Å². The smallest absolute Gasteiger partial charge is 0.223 e. The average molecular weight is 312 g/mol. The van der Waals surface area contributed by atoms with Gasteiger partial charge in [-0.1, -0.05) is 19.9 Å². The van der Waals surface area contributed by atoms with Gasteiger partial charge < -0.3 is 10.6 Å². The summed E-state index contributed by atoms with van der Waals surface area (Å²) in [5.74, 6) is 0.644. The highest BCUT2D eigenvalue weighted by Crippen LogP contribution is 2.24. The second-order valence-electron chi connectivity index (χ2n) is 5.96. The summed E-state index contributed by atoms with van der Waals surface area (Å²) >= 11 is 0. The van der Waals surface area contributed by atoms with Crippen LogP contribution in [-0.4, -0.2) is 24.0 Å². The molecule has 1 fully saturated rings. The van der Waals surface area contributed by atoms with E-state index >= 15 is 0 Å². The van der Waals surface area contributed by atoms with E-state index < -0.39 is 0 Å². The Bertz CT molecular complexity index is 459. The van der Waals surface area contributed by atoms with Crippen LogP contribution in [0.5, 0.6) is 0 Å². The number of halogens is 1. The van der Waals surface area contributed by atoms with Gasteiger partial charge in [-0.3, -0.25) is 9.78 Å². The molecular weight excluding hydrogens is 286 g/mol. The molecule has 1 aliphatic rings. The fourth-order valence-corrected chi connectivity index (χ4v) is 2.73. The summed E-state index contributed by atoms with van der Waals surface area (Å²) in [7, 11) is 0. The minimum absolute atomic E-state index is 0. The van der Waals surface area contributed by atoms with Crippen LogP contribution in [0.1, 0.15) is 44.0 Å². The number of aromatic nitrogens is 1. The molecule has 1 unspecified atom stereocenters. The standard InChI is InChI=1S/C16H25N3O.ClH/c1-11(2)14(15-12(3)5-4-8-18-15)19-16(20)13-6-9-17-10-7-13;/h4-5,8,11,13-14,17H,6-7,9-10H2,1-3H3,(H,19,20);1H. The second kappa shape index (κ2) is 8.35. The third-order valence-electron chi connectivity index (χ3n) is 4.02. The molecular formula is C16H26ClN3O. The first kappa shape index (κ1) is 17.9. The highest BCUT2D eigenvalue weighted by atomic mass is 35.5. The van der Waals surface area contributed by atoms with Gasteiger partial charge in [0, 0.05) is 12.1 Å². The maximum absolute atomic E-state index is 12.4. The van der Waals surface area contributed by atoms with Crippen molar-refractivity contribution in [2.75, 3.05) is 13.1 Å². The molecule has 2 heterocycles. The minimum Gasteiger partial charge on any atom is -0.347 e. The van der Waals surface area contributed by atoms with E-state index in [1.54, 1.807) is 6.20 Å². The van der Waals surface area contributed by atoms with Crippen LogP contribution in [0.4, 0.5) is 0 Å². The number of amides is 1. The molecule has 1 saturated heterocycles.